The lowest BCUT2D eigenvalue weighted by atomic mass is 9.89. The average molecular weight is 211 g/mol. The van der Waals surface area contributed by atoms with Crippen LogP contribution in [0.3, 0.4) is 0 Å². The van der Waals surface area contributed by atoms with Crippen LogP contribution in [0.2, 0.25) is 0 Å². The van der Waals surface area contributed by atoms with Gasteiger partial charge in [-0.3, -0.25) is 0 Å². The van der Waals surface area contributed by atoms with Crippen molar-refractivity contribution in [3.8, 4) is 0 Å². The molecule has 3 heteroatoms. The monoisotopic (exact) mass is 211 g/mol. The Bertz CT molecular complexity index is 183. The Kier molecular flexibility index (Phi) is 4.00. The molecule has 0 radical (unpaired) electrons. The van der Waals surface area contributed by atoms with E-state index < -0.39 is 0 Å². The average Bonchev–Trinajstić information content (AvgIpc) is 3.05. The summed E-state index contributed by atoms with van der Waals surface area (Å²) < 4.78 is 0. The van der Waals surface area contributed by atoms with Gasteiger partial charge < -0.3 is 15.5 Å². The van der Waals surface area contributed by atoms with Crippen molar-refractivity contribution in [3.63, 3.8) is 0 Å². The third kappa shape index (κ3) is 3.44. The first-order valence-electron chi connectivity index (χ1n) is 6.39. The Hall–Kier alpha value is -0.120. The Labute approximate surface area is 93.6 Å². The summed E-state index contributed by atoms with van der Waals surface area (Å²) in [4.78, 5) is 2.44. The van der Waals surface area contributed by atoms with Gasteiger partial charge in [-0.15, -0.1) is 0 Å². The summed E-state index contributed by atoms with van der Waals surface area (Å²) in [5.41, 5.74) is 0. The molecule has 1 unspecified atom stereocenters. The zero-order chi connectivity index (χ0) is 10.7. The molecule has 1 heterocycles. The van der Waals surface area contributed by atoms with Crippen molar-refractivity contribution in [1.29, 1.82) is 0 Å². The van der Waals surface area contributed by atoms with E-state index in [1.807, 2.05) is 0 Å². The number of likely N-dealkylation sites (N-methyl/N-ethyl adjacent to an activating group) is 1. The van der Waals surface area contributed by atoms with E-state index in [9.17, 15) is 0 Å². The molecule has 0 bridgehead atoms. The lowest BCUT2D eigenvalue weighted by Gasteiger charge is -2.34. The topological polar surface area (TPSA) is 27.3 Å². The quantitative estimate of drug-likeness (QED) is 0.700. The van der Waals surface area contributed by atoms with E-state index in [-0.39, 0.29) is 0 Å². The Morgan fingerprint density at radius 3 is 2.40 bits per heavy atom. The van der Waals surface area contributed by atoms with Crippen molar-refractivity contribution in [1.82, 2.24) is 15.5 Å². The van der Waals surface area contributed by atoms with Crippen molar-refractivity contribution in [2.24, 2.45) is 5.92 Å². The van der Waals surface area contributed by atoms with Crippen LogP contribution < -0.4 is 10.6 Å². The van der Waals surface area contributed by atoms with Gasteiger partial charge in [-0.05, 0) is 58.8 Å². The van der Waals surface area contributed by atoms with Crippen LogP contribution in [-0.2, 0) is 0 Å². The van der Waals surface area contributed by atoms with Crippen LogP contribution in [0.25, 0.3) is 0 Å². The zero-order valence-corrected chi connectivity index (χ0v) is 10.1. The predicted octanol–water partition coefficient (Wildman–Crippen LogP) is 0.668. The molecule has 0 aromatic carbocycles. The molecule has 2 aliphatic rings. The second kappa shape index (κ2) is 5.28. The van der Waals surface area contributed by atoms with Crippen LogP contribution >= 0.6 is 0 Å². The maximum Gasteiger partial charge on any atom is 0.0218 e. The van der Waals surface area contributed by atoms with Gasteiger partial charge in [-0.25, -0.2) is 0 Å². The first-order chi connectivity index (χ1) is 7.29. The fourth-order valence-corrected chi connectivity index (χ4v) is 2.52. The Balaban J connectivity index is 1.72. The number of piperidine rings is 1. The molecule has 0 amide bonds. The summed E-state index contributed by atoms with van der Waals surface area (Å²) in [7, 11) is 4.34. The highest BCUT2D eigenvalue weighted by molar-refractivity contribution is 4.87. The van der Waals surface area contributed by atoms with Gasteiger partial charge in [0.05, 0.1) is 0 Å². The maximum atomic E-state index is 3.64. The number of hydrogen-bond donors (Lipinski definition) is 2. The summed E-state index contributed by atoms with van der Waals surface area (Å²) >= 11 is 0. The fourth-order valence-electron chi connectivity index (χ4n) is 2.52. The van der Waals surface area contributed by atoms with E-state index in [1.54, 1.807) is 0 Å². The van der Waals surface area contributed by atoms with E-state index in [0.29, 0.717) is 6.04 Å². The number of nitrogens with zero attached hydrogens (tertiary/aromatic N) is 1. The first-order valence-corrected chi connectivity index (χ1v) is 6.39. The van der Waals surface area contributed by atoms with Gasteiger partial charge in [0.15, 0.2) is 0 Å². The van der Waals surface area contributed by atoms with E-state index >= 15 is 0 Å². The van der Waals surface area contributed by atoms with Crippen molar-refractivity contribution in [3.05, 3.63) is 0 Å². The summed E-state index contributed by atoms with van der Waals surface area (Å²) in [5, 5.41) is 7.13. The van der Waals surface area contributed by atoms with Crippen LogP contribution in [0.1, 0.15) is 25.7 Å². The standard InChI is InChI=1S/C12H25N3/c1-13-12(9-14-11-3-4-11)10-5-7-15(2)8-6-10/h10-14H,3-9H2,1-2H3. The fraction of sp³-hybridized carbons (Fsp3) is 1.00. The van der Waals surface area contributed by atoms with E-state index in [1.165, 1.54) is 38.8 Å². The number of hydrogen-bond acceptors (Lipinski definition) is 3. The molecule has 1 atom stereocenters. The molecule has 1 saturated heterocycles. The highest BCUT2D eigenvalue weighted by Gasteiger charge is 2.26. The third-order valence-electron chi connectivity index (χ3n) is 3.91. The van der Waals surface area contributed by atoms with E-state index in [0.717, 1.165) is 18.5 Å². The molecule has 0 aromatic rings. The molecule has 1 aliphatic carbocycles. The first kappa shape index (κ1) is 11.4. The molecule has 88 valence electrons. The smallest absolute Gasteiger partial charge is 0.0218 e. The summed E-state index contributed by atoms with van der Waals surface area (Å²) in [6, 6.07) is 1.52. The summed E-state index contributed by atoms with van der Waals surface area (Å²) in [6.07, 6.45) is 5.50. The van der Waals surface area contributed by atoms with Crippen LogP contribution in [-0.4, -0.2) is 50.7 Å². The minimum absolute atomic E-state index is 0.680. The molecular weight excluding hydrogens is 186 g/mol. The van der Waals surface area contributed by atoms with Crippen molar-refractivity contribution < 1.29 is 0 Å². The summed E-state index contributed by atoms with van der Waals surface area (Å²) in [5.74, 6) is 0.873. The SMILES string of the molecule is CNC(CNC1CC1)C1CCN(C)CC1. The molecule has 0 aromatic heterocycles. The van der Waals surface area contributed by atoms with Crippen LogP contribution in [0, 0.1) is 5.92 Å². The Morgan fingerprint density at radius 2 is 1.87 bits per heavy atom. The van der Waals surface area contributed by atoms with Crippen molar-refractivity contribution in [2.75, 3.05) is 33.7 Å². The van der Waals surface area contributed by atoms with Crippen LogP contribution in [0.15, 0.2) is 0 Å². The normalized spacial score (nSPS) is 26.8. The highest BCUT2D eigenvalue weighted by Crippen LogP contribution is 2.22. The van der Waals surface area contributed by atoms with Crippen LogP contribution in [0.5, 0.6) is 0 Å². The molecule has 15 heavy (non-hydrogen) atoms. The van der Waals surface area contributed by atoms with Crippen molar-refractivity contribution >= 4 is 0 Å². The minimum Gasteiger partial charge on any atom is -0.315 e. The summed E-state index contributed by atoms with van der Waals surface area (Å²) in [6.45, 7) is 3.70. The molecule has 2 fully saturated rings. The lowest BCUT2D eigenvalue weighted by Crippen LogP contribution is -2.46. The van der Waals surface area contributed by atoms with Gasteiger partial charge in [0.1, 0.15) is 0 Å². The zero-order valence-electron chi connectivity index (χ0n) is 10.1. The number of rotatable bonds is 5. The van der Waals surface area contributed by atoms with Gasteiger partial charge in [-0.1, -0.05) is 0 Å². The predicted molar refractivity (Wildman–Crippen MR) is 64.1 cm³/mol. The van der Waals surface area contributed by atoms with Gasteiger partial charge in [0.2, 0.25) is 0 Å². The second-order valence-corrected chi connectivity index (χ2v) is 5.22. The third-order valence-corrected chi connectivity index (χ3v) is 3.91. The molecule has 2 N–H and O–H groups in total. The molecule has 3 nitrogen and oxygen atoms in total. The number of nitrogens with one attached hydrogen (secondary N) is 2. The molecule has 0 spiro atoms. The highest BCUT2D eigenvalue weighted by atomic mass is 15.1. The largest absolute Gasteiger partial charge is 0.315 e. The minimum atomic E-state index is 0.680. The van der Waals surface area contributed by atoms with Gasteiger partial charge in [0, 0.05) is 18.6 Å². The second-order valence-electron chi connectivity index (χ2n) is 5.22. The van der Waals surface area contributed by atoms with Gasteiger partial charge >= 0.3 is 0 Å². The van der Waals surface area contributed by atoms with E-state index in [2.05, 4.69) is 29.6 Å². The molecular formula is C12H25N3. The Morgan fingerprint density at radius 1 is 1.20 bits per heavy atom. The number of likely N-dealkylation sites (tertiary alicyclic amines) is 1. The van der Waals surface area contributed by atoms with Crippen molar-refractivity contribution in [2.45, 2.75) is 37.8 Å². The molecule has 1 aliphatic heterocycles. The molecule has 1 saturated carbocycles. The van der Waals surface area contributed by atoms with Gasteiger partial charge in [-0.2, -0.15) is 0 Å². The van der Waals surface area contributed by atoms with Gasteiger partial charge in [0.25, 0.3) is 0 Å². The lowest BCUT2D eigenvalue weighted by molar-refractivity contribution is 0.186. The van der Waals surface area contributed by atoms with E-state index in [4.69, 9.17) is 0 Å². The van der Waals surface area contributed by atoms with Crippen LogP contribution in [0.4, 0.5) is 0 Å². The maximum absolute atomic E-state index is 3.64. The molecule has 2 rings (SSSR count).